The molecule has 1 aliphatic heterocycles. The number of nitrogens with one attached hydrogen (secondary N) is 1. The van der Waals surface area contributed by atoms with Gasteiger partial charge in [0, 0.05) is 29.9 Å². The van der Waals surface area contributed by atoms with Gasteiger partial charge in [-0.05, 0) is 41.7 Å². The lowest BCUT2D eigenvalue weighted by Crippen LogP contribution is -2.35. The maximum absolute atomic E-state index is 13.3. The zero-order valence-electron chi connectivity index (χ0n) is 17.3. The maximum atomic E-state index is 13.3. The van der Waals surface area contributed by atoms with Crippen LogP contribution in [0, 0.1) is 0 Å². The van der Waals surface area contributed by atoms with Crippen molar-refractivity contribution in [2.45, 2.75) is 32.7 Å². The van der Waals surface area contributed by atoms with Crippen LogP contribution >= 0.6 is 0 Å². The number of nitrogens with zero attached hydrogens (tertiary/aromatic N) is 2. The summed E-state index contributed by atoms with van der Waals surface area (Å²) in [6.07, 6.45) is 1.79. The number of benzene rings is 2. The van der Waals surface area contributed by atoms with Gasteiger partial charge >= 0.3 is 0 Å². The van der Waals surface area contributed by atoms with Crippen molar-refractivity contribution >= 4 is 32.5 Å². The predicted octanol–water partition coefficient (Wildman–Crippen LogP) is 3.93. The van der Waals surface area contributed by atoms with Crippen LogP contribution in [0.15, 0.2) is 48.5 Å². The summed E-state index contributed by atoms with van der Waals surface area (Å²) in [5.74, 6) is 0.0158. The average Bonchev–Trinajstić information content (AvgIpc) is 2.72. The average molecular weight is 424 g/mol. The number of pyridine rings is 1. The summed E-state index contributed by atoms with van der Waals surface area (Å²) >= 11 is 0. The van der Waals surface area contributed by atoms with Crippen molar-refractivity contribution in [3.05, 3.63) is 70.9 Å². The number of fused-ring (bicyclic) bond motifs is 2. The molecule has 30 heavy (non-hydrogen) atoms. The fourth-order valence-corrected chi connectivity index (χ4v) is 4.65. The Balaban J connectivity index is 1.69. The minimum atomic E-state index is -3.25. The maximum Gasteiger partial charge on any atom is 0.256 e. The standard InChI is InChI=1S/C23H25N3O3S/c1-15(2)22-13-19(18-8-4-5-9-21(18)24-22)23(27)25-20-10-6-7-16-14-26(30(3,28)29)12-11-17(16)20/h4-10,13,15H,11-12,14H2,1-3H3,(H,25,27). The van der Waals surface area contributed by atoms with Gasteiger partial charge in [-0.25, -0.2) is 8.42 Å². The van der Waals surface area contributed by atoms with Gasteiger partial charge in [0.15, 0.2) is 0 Å². The zero-order chi connectivity index (χ0) is 21.5. The number of para-hydroxylation sites is 1. The molecule has 0 spiro atoms. The minimum Gasteiger partial charge on any atom is -0.322 e. The summed E-state index contributed by atoms with van der Waals surface area (Å²) in [5.41, 5.74) is 4.92. The second kappa shape index (κ2) is 7.81. The van der Waals surface area contributed by atoms with Gasteiger partial charge in [-0.3, -0.25) is 9.78 Å². The van der Waals surface area contributed by atoms with Crippen molar-refractivity contribution in [3.63, 3.8) is 0 Å². The van der Waals surface area contributed by atoms with E-state index in [1.54, 1.807) is 0 Å². The van der Waals surface area contributed by atoms with Gasteiger partial charge in [-0.2, -0.15) is 4.31 Å². The molecule has 4 rings (SSSR count). The topological polar surface area (TPSA) is 79.4 Å². The first-order chi connectivity index (χ1) is 14.2. The molecular formula is C23H25N3O3S. The van der Waals surface area contributed by atoms with Crippen LogP contribution in [0.25, 0.3) is 10.9 Å². The van der Waals surface area contributed by atoms with Crippen LogP contribution in [0.3, 0.4) is 0 Å². The van der Waals surface area contributed by atoms with Crippen molar-refractivity contribution in [2.75, 3.05) is 18.1 Å². The van der Waals surface area contributed by atoms with Crippen LogP contribution in [0.1, 0.15) is 46.9 Å². The molecule has 0 saturated carbocycles. The van der Waals surface area contributed by atoms with Crippen LogP contribution in [0.5, 0.6) is 0 Å². The Bertz CT molecular complexity index is 1240. The van der Waals surface area contributed by atoms with E-state index in [9.17, 15) is 13.2 Å². The van der Waals surface area contributed by atoms with E-state index in [-0.39, 0.29) is 11.8 Å². The molecule has 7 heteroatoms. The first-order valence-corrected chi connectivity index (χ1v) is 11.9. The normalized spacial score (nSPS) is 14.7. The third-order valence-electron chi connectivity index (χ3n) is 5.52. The number of hydrogen-bond acceptors (Lipinski definition) is 4. The Labute approximate surface area is 177 Å². The molecule has 0 radical (unpaired) electrons. The Kier molecular flexibility index (Phi) is 5.34. The van der Waals surface area contributed by atoms with Gasteiger partial charge in [0.1, 0.15) is 0 Å². The molecule has 1 amide bonds. The molecule has 0 bridgehead atoms. The van der Waals surface area contributed by atoms with Crippen LogP contribution in [-0.4, -0.2) is 36.4 Å². The van der Waals surface area contributed by atoms with E-state index in [2.05, 4.69) is 24.1 Å². The monoisotopic (exact) mass is 423 g/mol. The van der Waals surface area contributed by atoms with Crippen molar-refractivity contribution in [2.24, 2.45) is 0 Å². The molecule has 0 unspecified atom stereocenters. The van der Waals surface area contributed by atoms with E-state index in [0.29, 0.717) is 25.1 Å². The first-order valence-electron chi connectivity index (χ1n) is 10.0. The molecule has 0 saturated heterocycles. The summed E-state index contributed by atoms with van der Waals surface area (Å²) in [6.45, 7) is 4.85. The molecule has 0 aliphatic carbocycles. The lowest BCUT2D eigenvalue weighted by Gasteiger charge is -2.28. The number of carbonyl (C=O) groups is 1. The molecule has 0 fully saturated rings. The molecule has 6 nitrogen and oxygen atoms in total. The van der Waals surface area contributed by atoms with Gasteiger partial charge in [0.2, 0.25) is 10.0 Å². The van der Waals surface area contributed by atoms with Gasteiger partial charge in [0.25, 0.3) is 5.91 Å². The quantitative estimate of drug-likeness (QED) is 0.690. The van der Waals surface area contributed by atoms with Crippen LogP contribution < -0.4 is 5.32 Å². The van der Waals surface area contributed by atoms with E-state index < -0.39 is 10.0 Å². The van der Waals surface area contributed by atoms with Crippen molar-refractivity contribution < 1.29 is 13.2 Å². The number of anilines is 1. The van der Waals surface area contributed by atoms with Crippen LogP contribution in [0.4, 0.5) is 5.69 Å². The number of aromatic nitrogens is 1. The Morgan fingerprint density at radius 1 is 1.13 bits per heavy atom. The SMILES string of the molecule is CC(C)c1cc(C(=O)Nc2cccc3c2CCN(S(C)(=O)=O)C3)c2ccccc2n1. The number of amides is 1. The second-order valence-electron chi connectivity index (χ2n) is 8.01. The molecule has 1 aromatic heterocycles. The molecule has 2 heterocycles. The van der Waals surface area contributed by atoms with E-state index in [1.807, 2.05) is 48.5 Å². The number of carbonyl (C=O) groups excluding carboxylic acids is 1. The first kappa shape index (κ1) is 20.5. The van der Waals surface area contributed by atoms with Gasteiger partial charge in [-0.15, -0.1) is 0 Å². The third-order valence-corrected chi connectivity index (χ3v) is 6.77. The molecule has 2 aromatic carbocycles. The summed E-state index contributed by atoms with van der Waals surface area (Å²) < 4.78 is 25.3. The van der Waals surface area contributed by atoms with E-state index in [0.717, 1.165) is 33.4 Å². The Hall–Kier alpha value is -2.77. The number of sulfonamides is 1. The lowest BCUT2D eigenvalue weighted by molar-refractivity contribution is 0.102. The highest BCUT2D eigenvalue weighted by Gasteiger charge is 2.25. The molecular weight excluding hydrogens is 398 g/mol. The van der Waals surface area contributed by atoms with Gasteiger partial charge < -0.3 is 5.32 Å². The predicted molar refractivity (Wildman–Crippen MR) is 119 cm³/mol. The van der Waals surface area contributed by atoms with Crippen LogP contribution in [-0.2, 0) is 23.0 Å². The lowest BCUT2D eigenvalue weighted by atomic mass is 9.98. The molecule has 1 N–H and O–H groups in total. The van der Waals surface area contributed by atoms with Crippen molar-refractivity contribution in [1.82, 2.24) is 9.29 Å². The van der Waals surface area contributed by atoms with E-state index >= 15 is 0 Å². The third kappa shape index (κ3) is 3.95. The van der Waals surface area contributed by atoms with E-state index in [4.69, 9.17) is 0 Å². The summed E-state index contributed by atoms with van der Waals surface area (Å²) in [6, 6.07) is 15.2. The highest BCUT2D eigenvalue weighted by Crippen LogP contribution is 2.29. The van der Waals surface area contributed by atoms with Crippen LogP contribution in [0.2, 0.25) is 0 Å². The fourth-order valence-electron chi connectivity index (χ4n) is 3.85. The number of rotatable bonds is 4. The zero-order valence-corrected chi connectivity index (χ0v) is 18.2. The number of hydrogen-bond donors (Lipinski definition) is 1. The molecule has 1 aliphatic rings. The van der Waals surface area contributed by atoms with Gasteiger partial charge in [-0.1, -0.05) is 44.2 Å². The van der Waals surface area contributed by atoms with Gasteiger partial charge in [0.05, 0.1) is 17.3 Å². The largest absolute Gasteiger partial charge is 0.322 e. The highest BCUT2D eigenvalue weighted by molar-refractivity contribution is 7.88. The smallest absolute Gasteiger partial charge is 0.256 e. The summed E-state index contributed by atoms with van der Waals surface area (Å²) in [5, 5.41) is 3.88. The molecule has 0 atom stereocenters. The molecule has 156 valence electrons. The van der Waals surface area contributed by atoms with Crippen molar-refractivity contribution in [3.8, 4) is 0 Å². The Morgan fingerprint density at radius 2 is 1.90 bits per heavy atom. The second-order valence-corrected chi connectivity index (χ2v) is 9.99. The highest BCUT2D eigenvalue weighted by atomic mass is 32.2. The van der Waals surface area contributed by atoms with E-state index in [1.165, 1.54) is 10.6 Å². The fraction of sp³-hybridized carbons (Fsp3) is 0.304. The summed E-state index contributed by atoms with van der Waals surface area (Å²) in [7, 11) is -3.25. The Morgan fingerprint density at radius 3 is 2.63 bits per heavy atom. The summed E-state index contributed by atoms with van der Waals surface area (Å²) in [4.78, 5) is 18.0. The van der Waals surface area contributed by atoms with Crippen molar-refractivity contribution in [1.29, 1.82) is 0 Å². The molecule has 3 aromatic rings. The minimum absolute atomic E-state index is 0.186.